The van der Waals surface area contributed by atoms with Gasteiger partial charge in [0.25, 0.3) is 0 Å². The molecule has 0 amide bonds. The van der Waals surface area contributed by atoms with E-state index >= 15 is 0 Å². The highest BCUT2D eigenvalue weighted by Gasteiger charge is 2.13. The summed E-state index contributed by atoms with van der Waals surface area (Å²) in [5, 5.41) is 10.1. The van der Waals surface area contributed by atoms with E-state index < -0.39 is 4.92 Å². The molecule has 0 aromatic rings. The minimum atomic E-state index is -0.554. The molecular weight excluding hydrogens is 152 g/mol. The highest BCUT2D eigenvalue weighted by Crippen LogP contribution is 2.00. The zero-order valence-electron chi connectivity index (χ0n) is 4.98. The summed E-state index contributed by atoms with van der Waals surface area (Å²) in [4.78, 5) is 13.4. The third-order valence-corrected chi connectivity index (χ3v) is 1.24. The van der Waals surface area contributed by atoms with E-state index in [1.54, 1.807) is 6.08 Å². The zero-order valence-corrected chi connectivity index (χ0v) is 5.80. The summed E-state index contributed by atoms with van der Waals surface area (Å²) in [5.41, 5.74) is 0. The predicted molar refractivity (Wildman–Crippen MR) is 40.8 cm³/mol. The van der Waals surface area contributed by atoms with Crippen LogP contribution in [-0.4, -0.2) is 15.7 Å². The molecule has 52 valence electrons. The number of nitrogens with zero attached hydrogens (tertiary/aromatic N) is 2. The first-order valence-electron chi connectivity index (χ1n) is 2.62. The molecule has 0 saturated carbocycles. The molecule has 5 heteroatoms. The molecule has 0 aliphatic carbocycles. The van der Waals surface area contributed by atoms with Crippen LogP contribution in [0.5, 0.6) is 0 Å². The van der Waals surface area contributed by atoms with Crippen LogP contribution in [0.2, 0.25) is 0 Å². The topological polar surface area (TPSA) is 55.5 Å². The summed E-state index contributed by atoms with van der Waals surface area (Å²) >= 11 is 4.66. The molecule has 0 atom stereocenters. The summed E-state index contributed by atoms with van der Waals surface area (Å²) in [6.07, 6.45) is 3.52. The first kappa shape index (κ1) is 7.01. The predicted octanol–water partition coefficient (Wildman–Crippen LogP) is 0.949. The minimum absolute atomic E-state index is 0.170. The molecule has 0 bridgehead atoms. The maximum absolute atomic E-state index is 10.1. The average molecular weight is 156 g/mol. The third-order valence-electron chi connectivity index (χ3n) is 0.986. The van der Waals surface area contributed by atoms with Crippen LogP contribution in [0.4, 0.5) is 0 Å². The van der Waals surface area contributed by atoms with Crippen LogP contribution < -0.4 is 0 Å². The van der Waals surface area contributed by atoms with Crippen molar-refractivity contribution in [2.45, 2.75) is 6.42 Å². The first-order chi connectivity index (χ1) is 4.70. The Balaban J connectivity index is 2.86. The summed E-state index contributed by atoms with van der Waals surface area (Å²) in [5.74, 6) is -0.170. The van der Waals surface area contributed by atoms with E-state index in [2.05, 4.69) is 17.2 Å². The highest BCUT2D eigenvalue weighted by atomic mass is 32.1. The summed E-state index contributed by atoms with van der Waals surface area (Å²) < 4.78 is 0. The quantitative estimate of drug-likeness (QED) is 0.298. The van der Waals surface area contributed by atoms with Gasteiger partial charge in [-0.05, 0) is 22.1 Å². The van der Waals surface area contributed by atoms with Gasteiger partial charge in [0, 0.05) is 12.5 Å². The van der Waals surface area contributed by atoms with Crippen molar-refractivity contribution < 1.29 is 4.92 Å². The zero-order chi connectivity index (χ0) is 7.56. The summed E-state index contributed by atoms with van der Waals surface area (Å²) in [7, 11) is 0. The third kappa shape index (κ3) is 1.44. The van der Waals surface area contributed by atoms with Crippen LogP contribution in [0, 0.1) is 10.1 Å². The monoisotopic (exact) mass is 156 g/mol. The number of rotatable bonds is 0. The molecule has 1 heterocycles. The standard InChI is InChI=1S/C5H4N2O2S/c8-7(9)4-2-1-3-5(10)6-4/h1-2H,3H2. The van der Waals surface area contributed by atoms with Crippen LogP contribution in [-0.2, 0) is 0 Å². The Morgan fingerprint density at radius 3 is 2.90 bits per heavy atom. The number of hydrogen-bond acceptors (Lipinski definition) is 3. The van der Waals surface area contributed by atoms with E-state index in [1.807, 2.05) is 0 Å². The molecule has 1 aliphatic rings. The van der Waals surface area contributed by atoms with Crippen molar-refractivity contribution in [3.8, 4) is 0 Å². The van der Waals surface area contributed by atoms with Gasteiger partial charge >= 0.3 is 5.84 Å². The first-order valence-corrected chi connectivity index (χ1v) is 3.03. The van der Waals surface area contributed by atoms with Crippen molar-refractivity contribution in [1.82, 2.24) is 0 Å². The van der Waals surface area contributed by atoms with Crippen LogP contribution in [0.1, 0.15) is 6.42 Å². The Bertz CT molecular complexity index is 242. The Morgan fingerprint density at radius 2 is 2.50 bits per heavy atom. The normalized spacial score (nSPS) is 16.8. The number of nitro groups is 1. The van der Waals surface area contributed by atoms with Gasteiger partial charge in [-0.2, -0.15) is 0 Å². The second-order valence-electron chi connectivity index (χ2n) is 1.73. The van der Waals surface area contributed by atoms with Crippen LogP contribution >= 0.6 is 12.2 Å². The Morgan fingerprint density at radius 1 is 1.80 bits per heavy atom. The van der Waals surface area contributed by atoms with E-state index in [-0.39, 0.29) is 5.84 Å². The molecule has 1 aliphatic heterocycles. The summed E-state index contributed by atoms with van der Waals surface area (Å²) in [6, 6.07) is 0. The van der Waals surface area contributed by atoms with Gasteiger partial charge in [-0.3, -0.25) is 0 Å². The lowest BCUT2D eigenvalue weighted by molar-refractivity contribution is -0.348. The number of amidine groups is 1. The Labute approximate surface area is 62.4 Å². The number of hydrogen-bond donors (Lipinski definition) is 0. The molecule has 10 heavy (non-hydrogen) atoms. The van der Waals surface area contributed by atoms with Crippen molar-refractivity contribution in [2.24, 2.45) is 4.99 Å². The lowest BCUT2D eigenvalue weighted by Gasteiger charge is -1.95. The summed E-state index contributed by atoms with van der Waals surface area (Å²) in [6.45, 7) is 0. The fourth-order valence-corrected chi connectivity index (χ4v) is 0.767. The van der Waals surface area contributed by atoms with Gasteiger partial charge in [-0.1, -0.05) is 6.08 Å². The number of aliphatic imine (C=N–C) groups is 1. The maximum Gasteiger partial charge on any atom is 0.364 e. The van der Waals surface area contributed by atoms with Gasteiger partial charge in [0.2, 0.25) is 4.99 Å². The van der Waals surface area contributed by atoms with E-state index in [0.29, 0.717) is 11.4 Å². The van der Waals surface area contributed by atoms with Crippen LogP contribution in [0.15, 0.2) is 17.1 Å². The second kappa shape index (κ2) is 2.66. The highest BCUT2D eigenvalue weighted by molar-refractivity contribution is 7.80. The molecule has 0 radical (unpaired) electrons. The van der Waals surface area contributed by atoms with Gasteiger partial charge in [-0.15, -0.1) is 0 Å². The molecule has 0 spiro atoms. The van der Waals surface area contributed by atoms with Gasteiger partial charge in [-0.25, -0.2) is 0 Å². The Kier molecular flexibility index (Phi) is 1.86. The van der Waals surface area contributed by atoms with Crippen LogP contribution in [0.25, 0.3) is 0 Å². The molecule has 0 unspecified atom stereocenters. The lowest BCUT2D eigenvalue weighted by atomic mass is 10.3. The van der Waals surface area contributed by atoms with E-state index in [9.17, 15) is 10.1 Å². The number of dihydropyridines is 1. The van der Waals surface area contributed by atoms with E-state index in [4.69, 9.17) is 0 Å². The molecule has 0 fully saturated rings. The van der Waals surface area contributed by atoms with Gasteiger partial charge in [0.1, 0.15) is 0 Å². The maximum atomic E-state index is 10.1. The van der Waals surface area contributed by atoms with E-state index in [1.165, 1.54) is 6.08 Å². The molecule has 4 nitrogen and oxygen atoms in total. The largest absolute Gasteiger partial charge is 0.364 e. The van der Waals surface area contributed by atoms with Crippen molar-refractivity contribution in [3.63, 3.8) is 0 Å². The molecular formula is C5H4N2O2S. The molecule has 0 saturated heterocycles. The smallest absolute Gasteiger partial charge is 0.358 e. The van der Waals surface area contributed by atoms with Gasteiger partial charge in [0.05, 0.1) is 0 Å². The van der Waals surface area contributed by atoms with Gasteiger partial charge in [0.15, 0.2) is 0 Å². The molecule has 0 aromatic carbocycles. The average Bonchev–Trinajstić information content (AvgIpc) is 1.88. The molecule has 1 rings (SSSR count). The van der Waals surface area contributed by atoms with E-state index in [0.717, 1.165) is 0 Å². The van der Waals surface area contributed by atoms with Crippen molar-refractivity contribution in [1.29, 1.82) is 0 Å². The fraction of sp³-hybridized carbons (Fsp3) is 0.200. The van der Waals surface area contributed by atoms with Crippen molar-refractivity contribution >= 4 is 23.0 Å². The van der Waals surface area contributed by atoms with Crippen molar-refractivity contribution in [3.05, 3.63) is 22.3 Å². The minimum Gasteiger partial charge on any atom is -0.358 e. The SMILES string of the molecule is O=[N+]([O-])C1=NC(=S)CC=C1. The fourth-order valence-electron chi connectivity index (χ4n) is 0.578. The van der Waals surface area contributed by atoms with Crippen LogP contribution in [0.3, 0.4) is 0 Å². The number of thiocarbonyl (C=S) groups is 1. The van der Waals surface area contributed by atoms with Gasteiger partial charge < -0.3 is 10.1 Å². The second-order valence-corrected chi connectivity index (χ2v) is 2.20. The lowest BCUT2D eigenvalue weighted by Crippen LogP contribution is -2.13. The molecule has 0 aromatic heterocycles. The van der Waals surface area contributed by atoms with Crippen molar-refractivity contribution in [2.75, 3.05) is 0 Å². The molecule has 0 N–H and O–H groups in total. The Hall–Kier alpha value is -1.10.